The zero-order chi connectivity index (χ0) is 17.1. The third-order valence-corrected chi connectivity index (χ3v) is 7.07. The Bertz CT molecular complexity index is 793. The van der Waals surface area contributed by atoms with E-state index in [0.29, 0.717) is 12.0 Å². The highest BCUT2D eigenvalue weighted by Crippen LogP contribution is 2.56. The molecule has 0 spiro atoms. The standard InChI is InChI=1S/C19H21N3O2S/c23-22(24)13-4-5-18-11(8-13)6-7-21(18)19(25)20-17-10-12-9-16(17)15-3-1-2-14(12)15/h1,3-5,8,12,14-17H,2,6-7,9-10H2,(H,20,25)/t12-,14-,15+,16-,17+/m1/s1. The number of fused-ring (bicyclic) bond motifs is 6. The number of rotatable bonds is 2. The fraction of sp³-hybridized carbons (Fsp3) is 0.526. The molecular formula is C19H21N3O2S. The number of anilines is 1. The van der Waals surface area contributed by atoms with Gasteiger partial charge in [0.1, 0.15) is 0 Å². The van der Waals surface area contributed by atoms with Gasteiger partial charge in [0.2, 0.25) is 0 Å². The number of nitrogens with zero attached hydrogens (tertiary/aromatic N) is 2. The van der Waals surface area contributed by atoms with Gasteiger partial charge >= 0.3 is 0 Å². The molecule has 0 amide bonds. The van der Waals surface area contributed by atoms with E-state index in [1.165, 1.54) is 19.3 Å². The van der Waals surface area contributed by atoms with Gasteiger partial charge in [0, 0.05) is 30.4 Å². The molecule has 1 aromatic rings. The Kier molecular flexibility index (Phi) is 3.39. The average molecular weight is 355 g/mol. The lowest BCUT2D eigenvalue weighted by atomic mass is 9.79. The molecule has 0 radical (unpaired) electrons. The fourth-order valence-electron chi connectivity index (χ4n) is 5.66. The third-order valence-electron chi connectivity index (χ3n) is 6.73. The molecule has 0 saturated heterocycles. The Labute approximate surface area is 152 Å². The second-order valence-corrected chi connectivity index (χ2v) is 8.21. The Morgan fingerprint density at radius 3 is 3.04 bits per heavy atom. The molecule has 1 N–H and O–H groups in total. The summed E-state index contributed by atoms with van der Waals surface area (Å²) in [5.74, 6) is 3.18. The molecule has 3 aliphatic carbocycles. The molecule has 4 aliphatic rings. The Hall–Kier alpha value is -1.95. The molecule has 25 heavy (non-hydrogen) atoms. The molecule has 130 valence electrons. The quantitative estimate of drug-likeness (QED) is 0.381. The lowest BCUT2D eigenvalue weighted by Crippen LogP contribution is -2.48. The van der Waals surface area contributed by atoms with Gasteiger partial charge < -0.3 is 10.2 Å². The van der Waals surface area contributed by atoms with E-state index in [1.54, 1.807) is 12.1 Å². The van der Waals surface area contributed by atoms with Crippen LogP contribution < -0.4 is 10.2 Å². The van der Waals surface area contributed by atoms with Gasteiger partial charge in [-0.15, -0.1) is 0 Å². The van der Waals surface area contributed by atoms with E-state index in [4.69, 9.17) is 12.2 Å². The summed E-state index contributed by atoms with van der Waals surface area (Å²) in [6.07, 6.45) is 9.43. The predicted molar refractivity (Wildman–Crippen MR) is 101 cm³/mol. The molecule has 5 atom stereocenters. The minimum absolute atomic E-state index is 0.159. The first-order valence-corrected chi connectivity index (χ1v) is 9.54. The summed E-state index contributed by atoms with van der Waals surface area (Å²) in [6, 6.07) is 5.57. The Morgan fingerprint density at radius 1 is 1.32 bits per heavy atom. The van der Waals surface area contributed by atoms with E-state index < -0.39 is 0 Å². The van der Waals surface area contributed by atoms with Gasteiger partial charge in [0.05, 0.1) is 4.92 Å². The summed E-state index contributed by atoms with van der Waals surface area (Å²) < 4.78 is 0. The lowest BCUT2D eigenvalue weighted by Gasteiger charge is -2.34. The van der Waals surface area contributed by atoms with Gasteiger partial charge in [-0.1, -0.05) is 12.2 Å². The van der Waals surface area contributed by atoms with Crippen LogP contribution in [0.1, 0.15) is 24.8 Å². The third kappa shape index (κ3) is 2.30. The number of thiocarbonyl (C=S) groups is 1. The van der Waals surface area contributed by atoms with Crippen LogP contribution in [0.2, 0.25) is 0 Å². The van der Waals surface area contributed by atoms with Crippen LogP contribution in [0.4, 0.5) is 11.4 Å². The Morgan fingerprint density at radius 2 is 2.20 bits per heavy atom. The monoisotopic (exact) mass is 355 g/mol. The smallest absolute Gasteiger partial charge is 0.269 e. The minimum Gasteiger partial charge on any atom is -0.359 e. The van der Waals surface area contributed by atoms with Crippen LogP contribution in [0.25, 0.3) is 0 Å². The van der Waals surface area contributed by atoms with Crippen molar-refractivity contribution >= 4 is 28.7 Å². The van der Waals surface area contributed by atoms with Crippen molar-refractivity contribution in [1.29, 1.82) is 0 Å². The van der Waals surface area contributed by atoms with E-state index in [1.807, 2.05) is 6.07 Å². The molecule has 5 rings (SSSR count). The van der Waals surface area contributed by atoms with Crippen LogP contribution >= 0.6 is 12.2 Å². The van der Waals surface area contributed by atoms with Crippen LogP contribution in [0.3, 0.4) is 0 Å². The van der Waals surface area contributed by atoms with Gasteiger partial charge in [-0.05, 0) is 73.2 Å². The van der Waals surface area contributed by atoms with Crippen molar-refractivity contribution in [3.63, 3.8) is 0 Å². The second kappa shape index (κ2) is 5.53. The molecule has 5 nitrogen and oxygen atoms in total. The largest absolute Gasteiger partial charge is 0.359 e. The predicted octanol–water partition coefficient (Wildman–Crippen LogP) is 3.43. The second-order valence-electron chi connectivity index (χ2n) is 7.83. The number of non-ortho nitro benzene ring substituents is 1. The molecule has 2 saturated carbocycles. The van der Waals surface area contributed by atoms with E-state index in [0.717, 1.165) is 47.1 Å². The molecule has 1 aliphatic heterocycles. The lowest BCUT2D eigenvalue weighted by molar-refractivity contribution is -0.384. The first kappa shape index (κ1) is 15.3. The SMILES string of the molecule is O=[N+]([O-])c1ccc2c(c1)CCN2C(=S)N[C@H]1C[C@H]2C[C@@H]1[C@H]1C=CC[C@H]21. The van der Waals surface area contributed by atoms with Crippen LogP contribution in [-0.2, 0) is 6.42 Å². The minimum atomic E-state index is -0.333. The summed E-state index contributed by atoms with van der Waals surface area (Å²) in [4.78, 5) is 12.7. The van der Waals surface area contributed by atoms with Crippen LogP contribution in [0, 0.1) is 33.8 Å². The molecule has 0 aromatic heterocycles. The van der Waals surface area contributed by atoms with Crippen molar-refractivity contribution in [2.45, 2.75) is 31.7 Å². The number of allylic oxidation sites excluding steroid dienone is 2. The topological polar surface area (TPSA) is 58.4 Å². The van der Waals surface area contributed by atoms with Gasteiger partial charge in [-0.2, -0.15) is 0 Å². The van der Waals surface area contributed by atoms with E-state index >= 15 is 0 Å². The molecule has 1 heterocycles. The summed E-state index contributed by atoms with van der Waals surface area (Å²) >= 11 is 5.71. The van der Waals surface area contributed by atoms with E-state index in [-0.39, 0.29) is 10.6 Å². The number of benzene rings is 1. The molecular weight excluding hydrogens is 334 g/mol. The maximum atomic E-state index is 11.0. The van der Waals surface area contributed by atoms with Crippen molar-refractivity contribution in [1.82, 2.24) is 5.32 Å². The first-order valence-electron chi connectivity index (χ1n) is 9.14. The molecule has 1 aromatic carbocycles. The van der Waals surface area contributed by atoms with Crippen molar-refractivity contribution < 1.29 is 4.92 Å². The molecule has 0 unspecified atom stereocenters. The van der Waals surface area contributed by atoms with Gasteiger partial charge in [-0.3, -0.25) is 10.1 Å². The average Bonchev–Trinajstić information content (AvgIpc) is 3.34. The molecule has 2 fully saturated rings. The summed E-state index contributed by atoms with van der Waals surface area (Å²) in [5.41, 5.74) is 2.20. The van der Waals surface area contributed by atoms with E-state index in [9.17, 15) is 10.1 Å². The van der Waals surface area contributed by atoms with Crippen molar-refractivity contribution in [3.8, 4) is 0 Å². The van der Waals surface area contributed by atoms with Crippen molar-refractivity contribution in [2.24, 2.45) is 23.7 Å². The van der Waals surface area contributed by atoms with Gasteiger partial charge in [0.25, 0.3) is 5.69 Å². The number of nitrogens with one attached hydrogen (secondary N) is 1. The summed E-state index contributed by atoms with van der Waals surface area (Å²) in [5, 5.41) is 15.4. The van der Waals surface area contributed by atoms with Gasteiger partial charge in [0.15, 0.2) is 5.11 Å². The van der Waals surface area contributed by atoms with Gasteiger partial charge in [-0.25, -0.2) is 0 Å². The van der Waals surface area contributed by atoms with Crippen molar-refractivity contribution in [3.05, 3.63) is 46.0 Å². The highest BCUT2D eigenvalue weighted by Gasteiger charge is 2.52. The Balaban J connectivity index is 1.31. The number of nitro benzene ring substituents is 1. The maximum Gasteiger partial charge on any atom is 0.269 e. The van der Waals surface area contributed by atoms with Crippen molar-refractivity contribution in [2.75, 3.05) is 11.4 Å². The normalized spacial score (nSPS) is 34.2. The fourth-order valence-corrected chi connectivity index (χ4v) is 6.00. The summed E-state index contributed by atoms with van der Waals surface area (Å²) in [6.45, 7) is 0.801. The van der Waals surface area contributed by atoms with Crippen LogP contribution in [-0.4, -0.2) is 22.6 Å². The number of nitro groups is 1. The zero-order valence-corrected chi connectivity index (χ0v) is 14.7. The first-order chi connectivity index (χ1) is 12.1. The maximum absolute atomic E-state index is 11.0. The van der Waals surface area contributed by atoms with Crippen LogP contribution in [0.15, 0.2) is 30.4 Å². The number of hydrogen-bond acceptors (Lipinski definition) is 3. The highest BCUT2D eigenvalue weighted by atomic mass is 32.1. The van der Waals surface area contributed by atoms with Crippen LogP contribution in [0.5, 0.6) is 0 Å². The number of hydrogen-bond donors (Lipinski definition) is 1. The zero-order valence-electron chi connectivity index (χ0n) is 13.9. The summed E-state index contributed by atoms with van der Waals surface area (Å²) in [7, 11) is 0. The highest BCUT2D eigenvalue weighted by molar-refractivity contribution is 7.80. The molecule has 6 heteroatoms. The molecule has 2 bridgehead atoms. The van der Waals surface area contributed by atoms with E-state index in [2.05, 4.69) is 22.4 Å².